The summed E-state index contributed by atoms with van der Waals surface area (Å²) in [6, 6.07) is 16.4. The number of nitrogens with zero attached hydrogens (tertiary/aromatic N) is 1. The fourth-order valence-corrected chi connectivity index (χ4v) is 4.26. The Labute approximate surface area is 175 Å². The molecule has 30 heavy (non-hydrogen) atoms. The number of aromatic nitrogens is 1. The van der Waals surface area contributed by atoms with Crippen LogP contribution in [-0.4, -0.2) is 16.6 Å². The fraction of sp³-hybridized carbons (Fsp3) is 0.182. The molecule has 1 aliphatic rings. The van der Waals surface area contributed by atoms with Crippen molar-refractivity contribution in [2.75, 3.05) is 5.75 Å². The van der Waals surface area contributed by atoms with E-state index >= 15 is 0 Å². The van der Waals surface area contributed by atoms with Gasteiger partial charge in [-0.1, -0.05) is 18.2 Å². The molecule has 3 aromatic rings. The maximum Gasteiger partial charge on any atom is 0.417 e. The molecule has 1 aromatic heterocycles. The minimum atomic E-state index is -4.45. The Morgan fingerprint density at radius 2 is 1.83 bits per heavy atom. The Hall–Kier alpha value is -3.00. The number of benzene rings is 2. The molecule has 4 nitrogen and oxygen atoms in total. The topological polar surface area (TPSA) is 51.2 Å². The summed E-state index contributed by atoms with van der Waals surface area (Å²) in [5.41, 5.74) is 0.749. The average molecular weight is 430 g/mol. The highest BCUT2D eigenvalue weighted by Gasteiger charge is 2.30. The van der Waals surface area contributed by atoms with Gasteiger partial charge in [0, 0.05) is 28.5 Å². The summed E-state index contributed by atoms with van der Waals surface area (Å²) >= 11 is 1.78. The maximum absolute atomic E-state index is 12.6. The van der Waals surface area contributed by atoms with E-state index in [2.05, 4.69) is 16.4 Å². The molecule has 154 valence electrons. The van der Waals surface area contributed by atoms with Crippen LogP contribution in [0, 0.1) is 0 Å². The second-order valence-corrected chi connectivity index (χ2v) is 7.85. The lowest BCUT2D eigenvalue weighted by Crippen LogP contribution is -2.30. The van der Waals surface area contributed by atoms with Gasteiger partial charge in [0.15, 0.2) is 0 Å². The van der Waals surface area contributed by atoms with Crippen LogP contribution < -0.4 is 10.1 Å². The van der Waals surface area contributed by atoms with Crippen LogP contribution in [0.5, 0.6) is 11.6 Å². The van der Waals surface area contributed by atoms with E-state index in [4.69, 9.17) is 4.74 Å². The Morgan fingerprint density at radius 3 is 2.53 bits per heavy atom. The van der Waals surface area contributed by atoms with E-state index in [0.717, 1.165) is 36.1 Å². The van der Waals surface area contributed by atoms with Crippen LogP contribution in [0.25, 0.3) is 0 Å². The molecule has 0 saturated carbocycles. The van der Waals surface area contributed by atoms with Crippen LogP contribution >= 0.6 is 11.8 Å². The van der Waals surface area contributed by atoms with Crippen LogP contribution in [0.15, 0.2) is 71.8 Å². The summed E-state index contributed by atoms with van der Waals surface area (Å²) in [7, 11) is 0. The van der Waals surface area contributed by atoms with Gasteiger partial charge in [-0.05, 0) is 48.4 Å². The van der Waals surface area contributed by atoms with Crippen molar-refractivity contribution >= 4 is 17.7 Å². The van der Waals surface area contributed by atoms with Gasteiger partial charge in [0.05, 0.1) is 11.6 Å². The van der Waals surface area contributed by atoms with Crippen molar-refractivity contribution < 1.29 is 22.7 Å². The summed E-state index contributed by atoms with van der Waals surface area (Å²) in [4.78, 5) is 17.5. The Morgan fingerprint density at radius 1 is 1.07 bits per heavy atom. The van der Waals surface area contributed by atoms with E-state index in [0.29, 0.717) is 11.3 Å². The third-order valence-electron chi connectivity index (χ3n) is 4.67. The number of carbonyl (C=O) groups excluding carboxylic acids is 1. The van der Waals surface area contributed by atoms with Gasteiger partial charge in [-0.25, -0.2) is 4.98 Å². The number of rotatable bonds is 4. The first-order valence-corrected chi connectivity index (χ1v) is 10.2. The lowest BCUT2D eigenvalue weighted by molar-refractivity contribution is -0.137. The molecule has 4 rings (SSSR count). The number of hydrogen-bond acceptors (Lipinski definition) is 4. The minimum Gasteiger partial charge on any atom is -0.439 e. The second kappa shape index (κ2) is 8.39. The molecule has 1 amide bonds. The minimum absolute atomic E-state index is 0.0384. The first kappa shape index (κ1) is 20.3. The predicted octanol–water partition coefficient (Wildman–Crippen LogP) is 5.86. The zero-order chi connectivity index (χ0) is 21.1. The summed E-state index contributed by atoms with van der Waals surface area (Å²) < 4.78 is 43.3. The van der Waals surface area contributed by atoms with Crippen molar-refractivity contribution in [2.24, 2.45) is 0 Å². The first-order valence-electron chi connectivity index (χ1n) is 9.24. The number of ether oxygens (including phenoxy) is 1. The molecule has 1 unspecified atom stereocenters. The predicted molar refractivity (Wildman–Crippen MR) is 108 cm³/mol. The van der Waals surface area contributed by atoms with E-state index < -0.39 is 11.7 Å². The van der Waals surface area contributed by atoms with Gasteiger partial charge in [-0.3, -0.25) is 4.79 Å². The number of pyridine rings is 1. The second-order valence-electron chi connectivity index (χ2n) is 6.71. The standard InChI is InChI=1S/C22H17F3N2O2S/c23-22(24,25)15-7-10-20(26-13-15)29-16-8-5-14(6-9-16)21(28)27-18-11-12-30-19-4-2-1-3-17(18)19/h1-10,13,18H,11-12H2,(H,27,28). The molecule has 1 aliphatic heterocycles. The Kier molecular flexibility index (Phi) is 5.67. The molecule has 8 heteroatoms. The number of nitrogens with one attached hydrogen (secondary N) is 1. The van der Waals surface area contributed by atoms with E-state index in [1.54, 1.807) is 36.0 Å². The summed E-state index contributed by atoms with van der Waals surface area (Å²) in [6.07, 6.45) is -2.87. The SMILES string of the molecule is O=C(NC1CCSc2ccccc21)c1ccc(Oc2ccc(C(F)(F)F)cn2)cc1. The van der Waals surface area contributed by atoms with Crippen molar-refractivity contribution in [1.29, 1.82) is 0 Å². The number of thioether (sulfide) groups is 1. The molecular formula is C22H17F3N2O2S. The van der Waals surface area contributed by atoms with Crippen LogP contribution in [0.2, 0.25) is 0 Å². The summed E-state index contributed by atoms with van der Waals surface area (Å²) in [6.45, 7) is 0. The number of halogens is 3. The Balaban J connectivity index is 1.41. The van der Waals surface area contributed by atoms with Gasteiger partial charge in [-0.2, -0.15) is 13.2 Å². The van der Waals surface area contributed by atoms with Crippen molar-refractivity contribution in [3.63, 3.8) is 0 Å². The zero-order valence-corrected chi connectivity index (χ0v) is 16.5. The molecule has 0 radical (unpaired) electrons. The fourth-order valence-electron chi connectivity index (χ4n) is 3.14. The summed E-state index contributed by atoms with van der Waals surface area (Å²) in [5, 5.41) is 3.07. The molecular weight excluding hydrogens is 413 g/mol. The van der Waals surface area contributed by atoms with E-state index in [9.17, 15) is 18.0 Å². The van der Waals surface area contributed by atoms with Crippen molar-refractivity contribution in [3.8, 4) is 11.6 Å². The van der Waals surface area contributed by atoms with Gasteiger partial charge < -0.3 is 10.1 Å². The van der Waals surface area contributed by atoms with Crippen LogP contribution in [0.3, 0.4) is 0 Å². The third kappa shape index (κ3) is 4.59. The first-order chi connectivity index (χ1) is 14.4. The summed E-state index contributed by atoms with van der Waals surface area (Å²) in [5.74, 6) is 1.16. The lowest BCUT2D eigenvalue weighted by atomic mass is 10.0. The number of fused-ring (bicyclic) bond motifs is 1. The smallest absolute Gasteiger partial charge is 0.417 e. The monoisotopic (exact) mass is 430 g/mol. The number of alkyl halides is 3. The molecule has 0 saturated heterocycles. The quantitative estimate of drug-likeness (QED) is 0.563. The molecule has 2 heterocycles. The van der Waals surface area contributed by atoms with Crippen molar-refractivity contribution in [1.82, 2.24) is 10.3 Å². The molecule has 2 aromatic carbocycles. The van der Waals surface area contributed by atoms with Gasteiger partial charge in [0.25, 0.3) is 5.91 Å². The average Bonchev–Trinajstić information content (AvgIpc) is 2.74. The van der Waals surface area contributed by atoms with Crippen LogP contribution in [0.4, 0.5) is 13.2 Å². The van der Waals surface area contributed by atoms with E-state index in [1.807, 2.05) is 18.2 Å². The van der Waals surface area contributed by atoms with Gasteiger partial charge in [0.1, 0.15) is 5.75 Å². The number of amides is 1. The molecule has 1 atom stereocenters. The van der Waals surface area contributed by atoms with Gasteiger partial charge in [-0.15, -0.1) is 11.8 Å². The normalized spacial score (nSPS) is 15.9. The Bertz CT molecular complexity index is 1040. The third-order valence-corrected chi connectivity index (χ3v) is 5.79. The highest BCUT2D eigenvalue weighted by molar-refractivity contribution is 7.99. The van der Waals surface area contributed by atoms with Crippen molar-refractivity contribution in [3.05, 3.63) is 83.6 Å². The van der Waals surface area contributed by atoms with Crippen LogP contribution in [0.1, 0.15) is 33.9 Å². The lowest BCUT2D eigenvalue weighted by Gasteiger charge is -2.25. The molecule has 1 N–H and O–H groups in total. The highest BCUT2D eigenvalue weighted by Crippen LogP contribution is 2.36. The molecule has 0 spiro atoms. The van der Waals surface area contributed by atoms with Gasteiger partial charge >= 0.3 is 6.18 Å². The van der Waals surface area contributed by atoms with Crippen molar-refractivity contribution in [2.45, 2.75) is 23.5 Å². The number of carbonyl (C=O) groups is 1. The molecule has 0 fully saturated rings. The highest BCUT2D eigenvalue weighted by atomic mass is 32.2. The van der Waals surface area contributed by atoms with Gasteiger partial charge in [0.2, 0.25) is 5.88 Å². The maximum atomic E-state index is 12.6. The van der Waals surface area contributed by atoms with E-state index in [-0.39, 0.29) is 17.8 Å². The molecule has 0 aliphatic carbocycles. The molecule has 0 bridgehead atoms. The zero-order valence-electron chi connectivity index (χ0n) is 15.6. The van der Waals surface area contributed by atoms with E-state index in [1.165, 1.54) is 4.90 Å². The van der Waals surface area contributed by atoms with Crippen LogP contribution in [-0.2, 0) is 6.18 Å². The largest absolute Gasteiger partial charge is 0.439 e. The number of hydrogen-bond donors (Lipinski definition) is 1.